The van der Waals surface area contributed by atoms with Gasteiger partial charge in [0.15, 0.2) is 0 Å². The lowest BCUT2D eigenvalue weighted by Crippen LogP contribution is -2.28. The van der Waals surface area contributed by atoms with Crippen LogP contribution in [-0.2, 0) is 0 Å². The molecule has 0 nitrogen and oxygen atoms in total. The van der Waals surface area contributed by atoms with Crippen LogP contribution in [0.25, 0.3) is 11.1 Å². The molecule has 0 saturated heterocycles. The van der Waals surface area contributed by atoms with E-state index in [4.69, 9.17) is 0 Å². The Morgan fingerprint density at radius 3 is 2.00 bits per heavy atom. The largest absolute Gasteiger partial charge is 0.139 e. The molecule has 0 aromatic heterocycles. The van der Waals surface area contributed by atoms with Crippen LogP contribution >= 0.6 is 0 Å². The lowest BCUT2D eigenvalue weighted by molar-refractivity contribution is 1.68. The molecular weight excluding hydrogens is 218 g/mol. The quantitative estimate of drug-likeness (QED) is 0.620. The third kappa shape index (κ3) is 2.72. The highest BCUT2D eigenvalue weighted by Gasteiger charge is 2.09. The molecule has 2 aromatic rings. The van der Waals surface area contributed by atoms with Gasteiger partial charge in [-0.2, -0.15) is 0 Å². The predicted octanol–water partition coefficient (Wildman–Crippen LogP) is -0.436. The fourth-order valence-corrected chi connectivity index (χ4v) is 3.64. The molecule has 0 N–H and O–H groups in total. The fraction of sp³-hybridized carbons (Fsp3) is 0.143. The summed E-state index contributed by atoms with van der Waals surface area (Å²) < 4.78 is 0. The number of rotatable bonds is 2. The van der Waals surface area contributed by atoms with Gasteiger partial charge in [0, 0.05) is 0 Å². The Bertz CT molecular complexity index is 518. The minimum absolute atomic E-state index is 0.778. The van der Waals surface area contributed by atoms with Gasteiger partial charge in [-0.3, -0.25) is 0 Å². The first kappa shape index (κ1) is 12.2. The van der Waals surface area contributed by atoms with Gasteiger partial charge in [-0.05, 0) is 11.1 Å². The highest BCUT2D eigenvalue weighted by molar-refractivity contribution is 6.72. The molecule has 0 unspecified atom stereocenters. The van der Waals surface area contributed by atoms with Crippen molar-refractivity contribution in [3.05, 3.63) is 42.5 Å². The van der Waals surface area contributed by atoms with Crippen molar-refractivity contribution in [1.29, 1.82) is 0 Å². The molecule has 2 rings (SSSR count). The zero-order valence-electron chi connectivity index (χ0n) is 11.1. The van der Waals surface area contributed by atoms with Crippen LogP contribution in [0, 0.1) is 0 Å². The second-order valence-corrected chi connectivity index (χ2v) is 8.04. The van der Waals surface area contributed by atoms with Crippen LogP contribution in [0.2, 0.25) is 13.1 Å². The van der Waals surface area contributed by atoms with Crippen molar-refractivity contribution in [2.75, 3.05) is 0 Å². The van der Waals surface area contributed by atoms with E-state index < -0.39 is 8.80 Å². The zero-order chi connectivity index (χ0) is 12.4. The van der Waals surface area contributed by atoms with Crippen LogP contribution in [0.1, 0.15) is 0 Å². The van der Waals surface area contributed by atoms with Crippen molar-refractivity contribution in [1.82, 2.24) is 0 Å². The maximum absolute atomic E-state index is 2.40. The summed E-state index contributed by atoms with van der Waals surface area (Å²) in [6, 6.07) is 15.7. The van der Waals surface area contributed by atoms with Gasteiger partial charge < -0.3 is 0 Å². The maximum Gasteiger partial charge on any atom is 0.139 e. The normalized spacial score (nSPS) is 10.8. The van der Waals surface area contributed by atoms with Gasteiger partial charge >= 0.3 is 0 Å². The molecule has 17 heavy (non-hydrogen) atoms. The fourth-order valence-electron chi connectivity index (χ4n) is 2.16. The first-order valence-electron chi connectivity index (χ1n) is 6.25. The first-order chi connectivity index (χ1) is 8.08. The summed E-state index contributed by atoms with van der Waals surface area (Å²) in [5.74, 6) is 0. The molecule has 3 heteroatoms. The van der Waals surface area contributed by atoms with Gasteiger partial charge in [-0.25, -0.2) is 0 Å². The third-order valence-electron chi connectivity index (χ3n) is 3.19. The molecule has 0 aliphatic rings. The standard InChI is InChI=1S/C14H18B2Si/c1-17(2)14-9-12(16)7-8-13(14)10-3-5-11(15)6-4-10/h3-9,17H,15-16H2,1-2H3. The minimum atomic E-state index is -0.778. The third-order valence-corrected chi connectivity index (χ3v) is 4.91. The van der Waals surface area contributed by atoms with E-state index in [-0.39, 0.29) is 0 Å². The molecule has 84 valence electrons. The Balaban J connectivity index is 2.54. The van der Waals surface area contributed by atoms with Crippen LogP contribution in [0.5, 0.6) is 0 Å². The molecule has 0 aliphatic carbocycles. The Morgan fingerprint density at radius 1 is 0.824 bits per heavy atom. The van der Waals surface area contributed by atoms with E-state index in [1.807, 2.05) is 0 Å². The van der Waals surface area contributed by atoms with Crippen LogP contribution < -0.4 is 16.1 Å². The predicted molar refractivity (Wildman–Crippen MR) is 86.7 cm³/mol. The molecule has 0 fully saturated rings. The van der Waals surface area contributed by atoms with Gasteiger partial charge in [0.1, 0.15) is 15.7 Å². The average molecular weight is 236 g/mol. The van der Waals surface area contributed by atoms with E-state index in [1.165, 1.54) is 22.1 Å². The van der Waals surface area contributed by atoms with Gasteiger partial charge in [0.2, 0.25) is 0 Å². The summed E-state index contributed by atoms with van der Waals surface area (Å²) in [5, 5.41) is 1.58. The van der Waals surface area contributed by atoms with Crippen LogP contribution in [0.3, 0.4) is 0 Å². The van der Waals surface area contributed by atoms with E-state index in [1.54, 1.807) is 5.19 Å². The summed E-state index contributed by atoms with van der Waals surface area (Å²) >= 11 is 0. The second-order valence-electron chi connectivity index (χ2n) is 5.11. The highest BCUT2D eigenvalue weighted by Crippen LogP contribution is 2.16. The van der Waals surface area contributed by atoms with Crippen molar-refractivity contribution in [2.24, 2.45) is 0 Å². The lowest BCUT2D eigenvalue weighted by Gasteiger charge is -2.13. The topological polar surface area (TPSA) is 0 Å². The molecule has 0 spiro atoms. The van der Waals surface area contributed by atoms with Gasteiger partial charge in [0.25, 0.3) is 0 Å². The van der Waals surface area contributed by atoms with E-state index in [9.17, 15) is 0 Å². The zero-order valence-corrected chi connectivity index (χ0v) is 12.3. The second kappa shape index (κ2) is 4.97. The van der Waals surface area contributed by atoms with E-state index in [2.05, 4.69) is 71.3 Å². The summed E-state index contributed by atoms with van der Waals surface area (Å²) in [6.07, 6.45) is 0. The Kier molecular flexibility index (Phi) is 3.58. The summed E-state index contributed by atoms with van der Waals surface area (Å²) in [5.41, 5.74) is 5.48. The number of benzene rings is 2. The molecular formula is C14H18B2Si. The first-order valence-corrected chi connectivity index (χ1v) is 9.14. The number of hydrogen-bond acceptors (Lipinski definition) is 0. The Labute approximate surface area is 107 Å². The van der Waals surface area contributed by atoms with Crippen LogP contribution in [-0.4, -0.2) is 24.5 Å². The summed E-state index contributed by atoms with van der Waals surface area (Å²) in [7, 11) is 3.54. The minimum Gasteiger partial charge on any atom is -0.0890 e. The van der Waals surface area contributed by atoms with Crippen molar-refractivity contribution in [3.63, 3.8) is 0 Å². The summed E-state index contributed by atoms with van der Waals surface area (Å²) in [4.78, 5) is 0. The van der Waals surface area contributed by atoms with Gasteiger partial charge in [0.05, 0.1) is 8.80 Å². The van der Waals surface area contributed by atoms with Crippen LogP contribution in [0.4, 0.5) is 0 Å². The number of hydrogen-bond donors (Lipinski definition) is 0. The van der Waals surface area contributed by atoms with E-state index in [0.29, 0.717) is 0 Å². The molecule has 2 aromatic carbocycles. The lowest BCUT2D eigenvalue weighted by atomic mass is 9.91. The average Bonchev–Trinajstić information content (AvgIpc) is 2.30. The van der Waals surface area contributed by atoms with Gasteiger partial charge in [-0.15, -0.1) is 0 Å². The molecule has 0 heterocycles. The van der Waals surface area contributed by atoms with Crippen LogP contribution in [0.15, 0.2) is 42.5 Å². The highest BCUT2D eigenvalue weighted by atomic mass is 28.3. The van der Waals surface area contributed by atoms with Crippen molar-refractivity contribution < 1.29 is 0 Å². The molecule has 0 atom stereocenters. The Morgan fingerprint density at radius 2 is 1.41 bits per heavy atom. The maximum atomic E-state index is 2.40. The smallest absolute Gasteiger partial charge is 0.0890 e. The molecule has 0 aliphatic heterocycles. The summed E-state index contributed by atoms with van der Waals surface area (Å²) in [6.45, 7) is 4.79. The van der Waals surface area contributed by atoms with Gasteiger partial charge in [-0.1, -0.05) is 71.7 Å². The van der Waals surface area contributed by atoms with E-state index in [0.717, 1.165) is 0 Å². The van der Waals surface area contributed by atoms with Crippen molar-refractivity contribution in [3.8, 4) is 11.1 Å². The molecule has 0 amide bonds. The van der Waals surface area contributed by atoms with Crippen molar-refractivity contribution in [2.45, 2.75) is 13.1 Å². The molecule has 0 radical (unpaired) electrons. The SMILES string of the molecule is Bc1ccc(-c2ccc(B)cc2[SiH](C)C)cc1. The molecule has 0 bridgehead atoms. The Hall–Kier alpha value is -1.21. The monoisotopic (exact) mass is 236 g/mol. The molecule has 0 saturated carbocycles. The van der Waals surface area contributed by atoms with E-state index >= 15 is 0 Å². The van der Waals surface area contributed by atoms with Crippen molar-refractivity contribution >= 4 is 40.6 Å².